The molecule has 0 heterocycles. The second kappa shape index (κ2) is 7.82. The van der Waals surface area contributed by atoms with E-state index in [4.69, 9.17) is 11.6 Å². The maximum absolute atomic E-state index is 12.1. The van der Waals surface area contributed by atoms with Gasteiger partial charge in [0.25, 0.3) is 5.91 Å². The molecule has 0 aliphatic heterocycles. The van der Waals surface area contributed by atoms with E-state index in [0.717, 1.165) is 5.56 Å². The third-order valence-corrected chi connectivity index (χ3v) is 3.90. The average molecular weight is 392 g/mol. The van der Waals surface area contributed by atoms with Gasteiger partial charge in [-0.25, -0.2) is 0 Å². The molecule has 23 heavy (non-hydrogen) atoms. The molecule has 1 amide bonds. The van der Waals surface area contributed by atoms with E-state index in [2.05, 4.69) is 21.2 Å². The molecule has 2 aromatic carbocycles. The Hall–Kier alpha value is -2.29. The first-order valence-electron chi connectivity index (χ1n) is 6.63. The smallest absolute Gasteiger partial charge is 0.262 e. The summed E-state index contributed by atoms with van der Waals surface area (Å²) in [6, 6.07) is 14.3. The minimum Gasteiger partial charge on any atom is -0.505 e. The summed E-state index contributed by atoms with van der Waals surface area (Å²) in [4.78, 5) is 12.1. The van der Waals surface area contributed by atoms with Crippen LogP contribution in [0.5, 0.6) is 5.75 Å². The second-order valence-corrected chi connectivity index (χ2v) is 5.93. The molecular weight excluding hydrogens is 380 g/mol. The highest BCUT2D eigenvalue weighted by molar-refractivity contribution is 9.10. The molecule has 0 aromatic heterocycles. The molecule has 0 fully saturated rings. The van der Waals surface area contributed by atoms with E-state index >= 15 is 0 Å². The number of nitriles is 1. The molecule has 0 atom stereocenters. The van der Waals surface area contributed by atoms with Gasteiger partial charge >= 0.3 is 0 Å². The number of hydrogen-bond donors (Lipinski definition) is 2. The van der Waals surface area contributed by atoms with Crippen LogP contribution in [0.1, 0.15) is 11.1 Å². The molecular formula is C17H12BrClN2O2. The van der Waals surface area contributed by atoms with Crippen molar-refractivity contribution in [3.05, 3.63) is 68.7 Å². The van der Waals surface area contributed by atoms with Gasteiger partial charge in [-0.05, 0) is 45.3 Å². The van der Waals surface area contributed by atoms with Crippen LogP contribution in [0, 0.1) is 11.3 Å². The van der Waals surface area contributed by atoms with Crippen molar-refractivity contribution in [2.75, 3.05) is 0 Å². The van der Waals surface area contributed by atoms with Gasteiger partial charge in [0.2, 0.25) is 0 Å². The Morgan fingerprint density at radius 1 is 1.35 bits per heavy atom. The maximum atomic E-state index is 12.1. The van der Waals surface area contributed by atoms with Gasteiger partial charge < -0.3 is 10.4 Å². The molecule has 6 heteroatoms. The lowest BCUT2D eigenvalue weighted by Crippen LogP contribution is -2.23. The fourth-order valence-electron chi connectivity index (χ4n) is 1.86. The van der Waals surface area contributed by atoms with Crippen molar-refractivity contribution in [3.63, 3.8) is 0 Å². The first-order chi connectivity index (χ1) is 11.0. The highest BCUT2D eigenvalue weighted by Crippen LogP contribution is 2.33. The Bertz CT molecular complexity index is 775. The fourth-order valence-corrected chi connectivity index (χ4v) is 2.68. The van der Waals surface area contributed by atoms with Crippen molar-refractivity contribution in [2.45, 2.75) is 6.54 Å². The molecule has 0 saturated carbocycles. The molecule has 4 nitrogen and oxygen atoms in total. The van der Waals surface area contributed by atoms with Crippen molar-refractivity contribution >= 4 is 39.5 Å². The molecule has 0 spiro atoms. The summed E-state index contributed by atoms with van der Waals surface area (Å²) in [6.07, 6.45) is 1.41. The molecule has 2 N–H and O–H groups in total. The average Bonchev–Trinajstić information content (AvgIpc) is 2.56. The number of phenolic OH excluding ortho intramolecular Hbond substituents is 1. The van der Waals surface area contributed by atoms with E-state index in [1.807, 2.05) is 36.4 Å². The summed E-state index contributed by atoms with van der Waals surface area (Å²) in [7, 11) is 0. The van der Waals surface area contributed by atoms with Crippen molar-refractivity contribution in [2.24, 2.45) is 0 Å². The summed E-state index contributed by atoms with van der Waals surface area (Å²) < 4.78 is 0.387. The van der Waals surface area contributed by atoms with Crippen LogP contribution in [0.25, 0.3) is 6.08 Å². The molecule has 0 aliphatic carbocycles. The van der Waals surface area contributed by atoms with Crippen molar-refractivity contribution in [3.8, 4) is 11.8 Å². The lowest BCUT2D eigenvalue weighted by Gasteiger charge is -2.05. The van der Waals surface area contributed by atoms with E-state index in [0.29, 0.717) is 16.6 Å². The van der Waals surface area contributed by atoms with E-state index < -0.39 is 5.91 Å². The van der Waals surface area contributed by atoms with E-state index in [9.17, 15) is 15.2 Å². The zero-order valence-corrected chi connectivity index (χ0v) is 14.2. The summed E-state index contributed by atoms with van der Waals surface area (Å²) >= 11 is 9.03. The third-order valence-electron chi connectivity index (χ3n) is 3.01. The summed E-state index contributed by atoms with van der Waals surface area (Å²) in [5.41, 5.74) is 1.43. The van der Waals surface area contributed by atoms with Gasteiger partial charge in [-0.3, -0.25) is 4.79 Å². The van der Waals surface area contributed by atoms with Gasteiger partial charge in [0.1, 0.15) is 17.4 Å². The lowest BCUT2D eigenvalue weighted by molar-refractivity contribution is -0.117. The Labute approximate surface area is 147 Å². The van der Waals surface area contributed by atoms with E-state index in [1.165, 1.54) is 12.1 Å². The first-order valence-corrected chi connectivity index (χ1v) is 7.80. The summed E-state index contributed by atoms with van der Waals surface area (Å²) in [5.74, 6) is -0.562. The third kappa shape index (κ3) is 4.59. The number of nitrogens with one attached hydrogen (secondary N) is 1. The van der Waals surface area contributed by atoms with Crippen molar-refractivity contribution in [1.82, 2.24) is 5.32 Å². The number of rotatable bonds is 4. The molecule has 0 bridgehead atoms. The normalized spacial score (nSPS) is 10.9. The highest BCUT2D eigenvalue weighted by Gasteiger charge is 2.11. The van der Waals surface area contributed by atoms with Crippen LogP contribution in [0.4, 0.5) is 0 Å². The number of benzene rings is 2. The molecule has 0 aliphatic rings. The molecule has 2 rings (SSSR count). The summed E-state index contributed by atoms with van der Waals surface area (Å²) in [6.45, 7) is 0.332. The predicted octanol–water partition coefficient (Wildman–Crippen LogP) is 4.03. The number of amides is 1. The number of phenols is 1. The van der Waals surface area contributed by atoms with Crippen LogP contribution < -0.4 is 5.32 Å². The molecule has 116 valence electrons. The van der Waals surface area contributed by atoms with Crippen molar-refractivity contribution < 1.29 is 9.90 Å². The van der Waals surface area contributed by atoms with Crippen LogP contribution in [0.2, 0.25) is 5.02 Å². The Morgan fingerprint density at radius 2 is 2.04 bits per heavy atom. The zero-order chi connectivity index (χ0) is 16.8. The Kier molecular flexibility index (Phi) is 5.80. The number of halogens is 2. The molecule has 0 saturated heterocycles. The number of carbonyl (C=O) groups excluding carboxylic acids is 1. The SMILES string of the molecule is N#CC(=Cc1cc(Cl)c(O)c(Br)c1)C(=O)NCc1ccccc1. The first kappa shape index (κ1) is 17.1. The number of nitrogens with zero attached hydrogens (tertiary/aromatic N) is 1. The summed E-state index contributed by atoms with van der Waals surface area (Å²) in [5, 5.41) is 21.6. The van der Waals surface area contributed by atoms with Crippen molar-refractivity contribution in [1.29, 1.82) is 5.26 Å². The van der Waals surface area contributed by atoms with Gasteiger partial charge in [0, 0.05) is 6.54 Å². The lowest BCUT2D eigenvalue weighted by atomic mass is 10.1. The van der Waals surface area contributed by atoms with Crippen LogP contribution in [0.3, 0.4) is 0 Å². The second-order valence-electron chi connectivity index (χ2n) is 4.67. The Balaban J connectivity index is 2.15. The van der Waals surface area contributed by atoms with E-state index in [1.54, 1.807) is 6.07 Å². The van der Waals surface area contributed by atoms with Gasteiger partial charge in [0.15, 0.2) is 0 Å². The molecule has 2 aromatic rings. The largest absolute Gasteiger partial charge is 0.505 e. The monoisotopic (exact) mass is 390 g/mol. The fraction of sp³-hybridized carbons (Fsp3) is 0.0588. The maximum Gasteiger partial charge on any atom is 0.262 e. The number of carbonyl (C=O) groups is 1. The Morgan fingerprint density at radius 3 is 2.65 bits per heavy atom. The molecule has 0 unspecified atom stereocenters. The number of hydrogen-bond acceptors (Lipinski definition) is 3. The minimum atomic E-state index is -0.475. The van der Waals surface area contributed by atoms with Gasteiger partial charge in [0.05, 0.1) is 9.50 Å². The van der Waals surface area contributed by atoms with E-state index in [-0.39, 0.29) is 16.3 Å². The van der Waals surface area contributed by atoms with Gasteiger partial charge in [-0.2, -0.15) is 5.26 Å². The minimum absolute atomic E-state index is 0.0467. The van der Waals surface area contributed by atoms with Crippen LogP contribution in [-0.2, 0) is 11.3 Å². The van der Waals surface area contributed by atoms with Crippen LogP contribution >= 0.6 is 27.5 Å². The van der Waals surface area contributed by atoms with Crippen LogP contribution in [-0.4, -0.2) is 11.0 Å². The topological polar surface area (TPSA) is 73.1 Å². The predicted molar refractivity (Wildman–Crippen MR) is 92.7 cm³/mol. The highest BCUT2D eigenvalue weighted by atomic mass is 79.9. The standard InChI is InChI=1S/C17H12BrClN2O2/c18-14-7-12(8-15(19)16(14)22)6-13(9-20)17(23)21-10-11-4-2-1-3-5-11/h1-8,22H,10H2,(H,21,23). The van der Waals surface area contributed by atoms with Crippen LogP contribution in [0.15, 0.2) is 52.5 Å². The van der Waals surface area contributed by atoms with Gasteiger partial charge in [-0.15, -0.1) is 0 Å². The van der Waals surface area contributed by atoms with Gasteiger partial charge in [-0.1, -0.05) is 41.9 Å². The zero-order valence-electron chi connectivity index (χ0n) is 11.9. The molecule has 0 radical (unpaired) electrons. The quantitative estimate of drug-likeness (QED) is 0.610. The number of aromatic hydroxyl groups is 1.